The highest BCUT2D eigenvalue weighted by Crippen LogP contribution is 2.21. The normalized spacial score (nSPS) is 24.6. The van der Waals surface area contributed by atoms with Crippen LogP contribution >= 0.6 is 0 Å². The van der Waals surface area contributed by atoms with Gasteiger partial charge in [-0.25, -0.2) is 4.99 Å². The molecule has 0 radical (unpaired) electrons. The van der Waals surface area contributed by atoms with Gasteiger partial charge < -0.3 is 15.5 Å². The van der Waals surface area contributed by atoms with Crippen LogP contribution in [-0.4, -0.2) is 54.5 Å². The minimum Gasteiger partial charge on any atom is -0.370 e. The molecule has 0 amide bonds. The summed E-state index contributed by atoms with van der Waals surface area (Å²) in [4.78, 5) is 9.49. The van der Waals surface area contributed by atoms with Gasteiger partial charge in [0.05, 0.1) is 6.04 Å². The second kappa shape index (κ2) is 7.13. The number of hydrogen-bond donors (Lipinski definition) is 1. The van der Waals surface area contributed by atoms with Gasteiger partial charge in [0.25, 0.3) is 0 Å². The Bertz CT molecular complexity index is 289. The summed E-state index contributed by atoms with van der Waals surface area (Å²) in [7, 11) is 2.12. The van der Waals surface area contributed by atoms with E-state index in [9.17, 15) is 0 Å². The van der Waals surface area contributed by atoms with Crippen LogP contribution in [0.15, 0.2) is 4.99 Å². The maximum Gasteiger partial charge on any atom is 0.191 e. The molecule has 0 unspecified atom stereocenters. The van der Waals surface area contributed by atoms with Gasteiger partial charge in [-0.2, -0.15) is 0 Å². The fraction of sp³-hybridized carbons (Fsp3) is 0.933. The summed E-state index contributed by atoms with van der Waals surface area (Å²) >= 11 is 0. The first-order chi connectivity index (χ1) is 9.20. The van der Waals surface area contributed by atoms with Crippen molar-refractivity contribution in [3.05, 3.63) is 0 Å². The monoisotopic (exact) mass is 266 g/mol. The molecule has 0 bridgehead atoms. The zero-order chi connectivity index (χ0) is 13.7. The highest BCUT2D eigenvalue weighted by Gasteiger charge is 2.23. The number of likely N-dealkylation sites (tertiary alicyclic amines) is 1. The summed E-state index contributed by atoms with van der Waals surface area (Å²) in [6.45, 7) is 5.80. The van der Waals surface area contributed by atoms with E-state index in [0.29, 0.717) is 12.1 Å². The summed E-state index contributed by atoms with van der Waals surface area (Å²) in [6.07, 6.45) is 8.89. The fourth-order valence-electron chi connectivity index (χ4n) is 3.30. The first kappa shape index (κ1) is 14.6. The molecule has 1 saturated carbocycles. The first-order valence-corrected chi connectivity index (χ1v) is 7.99. The summed E-state index contributed by atoms with van der Waals surface area (Å²) in [5.74, 6) is 0.766. The van der Waals surface area contributed by atoms with E-state index in [4.69, 9.17) is 10.7 Å². The van der Waals surface area contributed by atoms with Crippen LogP contribution in [0.5, 0.6) is 0 Å². The van der Waals surface area contributed by atoms with Crippen molar-refractivity contribution in [2.24, 2.45) is 10.7 Å². The van der Waals surface area contributed by atoms with Crippen LogP contribution in [0.1, 0.15) is 51.9 Å². The highest BCUT2D eigenvalue weighted by molar-refractivity contribution is 5.78. The minimum atomic E-state index is 0.479. The molecule has 0 aromatic carbocycles. The molecular weight excluding hydrogens is 236 g/mol. The molecule has 4 heteroatoms. The lowest BCUT2D eigenvalue weighted by atomic mass is 9.96. The lowest BCUT2D eigenvalue weighted by Crippen LogP contribution is -2.48. The van der Waals surface area contributed by atoms with Crippen molar-refractivity contribution in [2.75, 3.05) is 26.7 Å². The van der Waals surface area contributed by atoms with E-state index < -0.39 is 0 Å². The van der Waals surface area contributed by atoms with Gasteiger partial charge in [0.15, 0.2) is 5.96 Å². The third kappa shape index (κ3) is 4.10. The largest absolute Gasteiger partial charge is 0.370 e. The van der Waals surface area contributed by atoms with E-state index in [2.05, 4.69) is 23.8 Å². The molecule has 1 aliphatic heterocycles. The number of guanidine groups is 1. The minimum absolute atomic E-state index is 0.479. The van der Waals surface area contributed by atoms with Gasteiger partial charge in [0, 0.05) is 26.2 Å². The van der Waals surface area contributed by atoms with Crippen molar-refractivity contribution in [3.63, 3.8) is 0 Å². The topological polar surface area (TPSA) is 44.9 Å². The number of nitrogens with zero attached hydrogens (tertiary/aromatic N) is 3. The maximum absolute atomic E-state index is 6.21. The smallest absolute Gasteiger partial charge is 0.191 e. The molecule has 0 aromatic rings. The van der Waals surface area contributed by atoms with Crippen molar-refractivity contribution in [1.29, 1.82) is 0 Å². The number of nitrogens with two attached hydrogens (primary N) is 1. The SMILES string of the molecule is CCN1CCC(N(C)C(N)=NC2CCCCC2)CC1. The summed E-state index contributed by atoms with van der Waals surface area (Å²) < 4.78 is 0. The molecule has 0 spiro atoms. The Kier molecular flexibility index (Phi) is 5.49. The van der Waals surface area contributed by atoms with Crippen LogP contribution < -0.4 is 5.73 Å². The molecule has 2 fully saturated rings. The van der Waals surface area contributed by atoms with Gasteiger partial charge in [-0.15, -0.1) is 0 Å². The fourth-order valence-corrected chi connectivity index (χ4v) is 3.30. The molecule has 2 aliphatic rings. The summed E-state index contributed by atoms with van der Waals surface area (Å²) in [5.41, 5.74) is 6.21. The third-order valence-electron chi connectivity index (χ3n) is 4.80. The van der Waals surface area contributed by atoms with E-state index in [1.807, 2.05) is 0 Å². The van der Waals surface area contributed by atoms with Gasteiger partial charge in [-0.3, -0.25) is 0 Å². The lowest BCUT2D eigenvalue weighted by Gasteiger charge is -2.37. The van der Waals surface area contributed by atoms with Crippen LogP contribution in [0, 0.1) is 0 Å². The molecule has 2 rings (SSSR count). The lowest BCUT2D eigenvalue weighted by molar-refractivity contribution is 0.170. The Balaban J connectivity index is 1.84. The van der Waals surface area contributed by atoms with Gasteiger partial charge in [-0.05, 0) is 32.2 Å². The average Bonchev–Trinajstić information content (AvgIpc) is 2.47. The average molecular weight is 266 g/mol. The van der Waals surface area contributed by atoms with Crippen LogP contribution in [0.25, 0.3) is 0 Å². The van der Waals surface area contributed by atoms with E-state index in [1.165, 1.54) is 64.6 Å². The van der Waals surface area contributed by atoms with Crippen molar-refractivity contribution >= 4 is 5.96 Å². The maximum atomic E-state index is 6.21. The standard InChI is InChI=1S/C15H30N4/c1-3-19-11-9-14(10-12-19)18(2)15(16)17-13-7-5-4-6-8-13/h13-14H,3-12H2,1-2H3,(H2,16,17). The summed E-state index contributed by atoms with van der Waals surface area (Å²) in [5, 5.41) is 0. The molecule has 1 heterocycles. The molecule has 4 nitrogen and oxygen atoms in total. The van der Waals surface area contributed by atoms with Crippen LogP contribution in [-0.2, 0) is 0 Å². The Labute approximate surface area is 118 Å². The zero-order valence-electron chi connectivity index (χ0n) is 12.6. The highest BCUT2D eigenvalue weighted by atomic mass is 15.3. The van der Waals surface area contributed by atoms with Crippen molar-refractivity contribution in [1.82, 2.24) is 9.80 Å². The van der Waals surface area contributed by atoms with E-state index in [0.717, 1.165) is 5.96 Å². The number of hydrogen-bond acceptors (Lipinski definition) is 2. The molecular formula is C15H30N4. The Morgan fingerprint density at radius 1 is 1.16 bits per heavy atom. The van der Waals surface area contributed by atoms with Gasteiger partial charge >= 0.3 is 0 Å². The first-order valence-electron chi connectivity index (χ1n) is 7.99. The third-order valence-corrected chi connectivity index (χ3v) is 4.80. The number of piperidine rings is 1. The summed E-state index contributed by atoms with van der Waals surface area (Å²) in [6, 6.07) is 1.06. The second-order valence-corrected chi connectivity index (χ2v) is 6.06. The molecule has 19 heavy (non-hydrogen) atoms. The van der Waals surface area contributed by atoms with Crippen molar-refractivity contribution in [2.45, 2.75) is 64.0 Å². The Morgan fingerprint density at radius 3 is 2.37 bits per heavy atom. The molecule has 1 aliphatic carbocycles. The zero-order valence-corrected chi connectivity index (χ0v) is 12.6. The molecule has 110 valence electrons. The van der Waals surface area contributed by atoms with E-state index >= 15 is 0 Å². The van der Waals surface area contributed by atoms with E-state index in [1.54, 1.807) is 0 Å². The Morgan fingerprint density at radius 2 is 1.79 bits per heavy atom. The van der Waals surface area contributed by atoms with Gasteiger partial charge in [-0.1, -0.05) is 26.2 Å². The van der Waals surface area contributed by atoms with Crippen LogP contribution in [0.3, 0.4) is 0 Å². The number of rotatable bonds is 3. The molecule has 0 aromatic heterocycles. The van der Waals surface area contributed by atoms with Gasteiger partial charge in [0.2, 0.25) is 0 Å². The predicted molar refractivity (Wildman–Crippen MR) is 81.4 cm³/mol. The second-order valence-electron chi connectivity index (χ2n) is 6.06. The van der Waals surface area contributed by atoms with Crippen LogP contribution in [0.4, 0.5) is 0 Å². The van der Waals surface area contributed by atoms with Crippen molar-refractivity contribution < 1.29 is 0 Å². The predicted octanol–water partition coefficient (Wildman–Crippen LogP) is 2.05. The van der Waals surface area contributed by atoms with Crippen molar-refractivity contribution in [3.8, 4) is 0 Å². The Hall–Kier alpha value is -0.770. The van der Waals surface area contributed by atoms with Gasteiger partial charge in [0.1, 0.15) is 0 Å². The quantitative estimate of drug-likeness (QED) is 0.628. The molecule has 0 atom stereocenters. The van der Waals surface area contributed by atoms with E-state index in [-0.39, 0.29) is 0 Å². The molecule has 2 N–H and O–H groups in total. The number of aliphatic imine (C=N–C) groups is 1. The van der Waals surface area contributed by atoms with Crippen LogP contribution in [0.2, 0.25) is 0 Å². The molecule has 1 saturated heterocycles.